The second-order valence-corrected chi connectivity index (χ2v) is 4.86. The highest BCUT2D eigenvalue weighted by Crippen LogP contribution is 2.42. The average molecular weight is 294 g/mol. The van der Waals surface area contributed by atoms with Crippen molar-refractivity contribution in [1.82, 2.24) is 0 Å². The number of carbonyl (C=O) groups is 1. The lowest BCUT2D eigenvalue weighted by Crippen LogP contribution is -2.49. The van der Waals surface area contributed by atoms with Crippen molar-refractivity contribution in [3.05, 3.63) is 34.5 Å². The molecule has 0 radical (unpaired) electrons. The monoisotopic (exact) mass is 294 g/mol. The van der Waals surface area contributed by atoms with E-state index in [1.165, 1.54) is 19.1 Å². The summed E-state index contributed by atoms with van der Waals surface area (Å²) in [7, 11) is 0. The fourth-order valence-corrected chi connectivity index (χ4v) is 2.52. The zero-order valence-corrected chi connectivity index (χ0v) is 11.0. The van der Waals surface area contributed by atoms with Gasteiger partial charge in [0, 0.05) is 4.88 Å². The number of ether oxygens (including phenoxy) is 1. The summed E-state index contributed by atoms with van der Waals surface area (Å²) in [5.41, 5.74) is -3.62. The molecule has 7 heteroatoms. The van der Waals surface area contributed by atoms with Gasteiger partial charge in [0.2, 0.25) is 0 Å². The molecule has 0 saturated heterocycles. The maximum atomic E-state index is 13.0. The SMILES string of the molecule is C=CCc1ccc([C@@](O)(C(=O)OCC)C(F)(F)F)s1. The molecule has 106 valence electrons. The molecule has 0 unspecified atom stereocenters. The Labute approximate surface area is 112 Å². The zero-order valence-electron chi connectivity index (χ0n) is 10.2. The van der Waals surface area contributed by atoms with Crippen LogP contribution in [0.2, 0.25) is 0 Å². The number of hydrogen-bond donors (Lipinski definition) is 1. The van der Waals surface area contributed by atoms with E-state index in [2.05, 4.69) is 11.3 Å². The Morgan fingerprint density at radius 2 is 2.16 bits per heavy atom. The molecule has 0 aliphatic heterocycles. The number of allylic oxidation sites excluding steroid dienone is 1. The molecule has 1 rings (SSSR count). The van der Waals surface area contributed by atoms with Gasteiger partial charge >= 0.3 is 12.1 Å². The van der Waals surface area contributed by atoms with Gasteiger partial charge in [0.1, 0.15) is 0 Å². The molecule has 1 aromatic rings. The van der Waals surface area contributed by atoms with E-state index < -0.39 is 22.6 Å². The molecule has 0 aromatic carbocycles. The van der Waals surface area contributed by atoms with Crippen LogP contribution in [0.15, 0.2) is 24.8 Å². The second-order valence-electron chi connectivity index (χ2n) is 3.69. The number of carbonyl (C=O) groups excluding carboxylic acids is 1. The Hall–Kier alpha value is -1.34. The van der Waals surface area contributed by atoms with Crippen LogP contribution in [-0.2, 0) is 21.6 Å². The van der Waals surface area contributed by atoms with Crippen LogP contribution in [-0.4, -0.2) is 23.9 Å². The van der Waals surface area contributed by atoms with Crippen molar-refractivity contribution in [2.45, 2.75) is 25.1 Å². The number of alkyl halides is 3. The van der Waals surface area contributed by atoms with E-state index in [0.717, 1.165) is 6.07 Å². The molecule has 0 aliphatic rings. The molecular weight excluding hydrogens is 281 g/mol. The molecule has 1 atom stereocenters. The minimum atomic E-state index is -5.14. The highest BCUT2D eigenvalue weighted by atomic mass is 32.1. The third-order valence-corrected chi connectivity index (χ3v) is 3.56. The van der Waals surface area contributed by atoms with E-state index in [1.54, 1.807) is 0 Å². The van der Waals surface area contributed by atoms with Crippen molar-refractivity contribution in [1.29, 1.82) is 0 Å². The van der Waals surface area contributed by atoms with Gasteiger partial charge in [0.05, 0.1) is 11.5 Å². The maximum Gasteiger partial charge on any atom is 0.433 e. The standard InChI is InChI=1S/C12H13F3O3S/c1-3-5-8-6-7-9(19-8)11(17,12(13,14)15)10(16)18-4-2/h3,6-7,17H,1,4-5H2,2H3/t11-/m1/s1. The Kier molecular flexibility index (Phi) is 4.75. The van der Waals surface area contributed by atoms with Crippen LogP contribution in [0.25, 0.3) is 0 Å². The molecule has 0 saturated carbocycles. The lowest BCUT2D eigenvalue weighted by molar-refractivity contribution is -0.266. The van der Waals surface area contributed by atoms with Crippen molar-refractivity contribution in [3.8, 4) is 0 Å². The van der Waals surface area contributed by atoms with Gasteiger partial charge in [-0.2, -0.15) is 13.2 Å². The first-order chi connectivity index (χ1) is 8.77. The van der Waals surface area contributed by atoms with E-state index in [-0.39, 0.29) is 6.61 Å². The van der Waals surface area contributed by atoms with Gasteiger partial charge in [-0.25, -0.2) is 4.79 Å². The summed E-state index contributed by atoms with van der Waals surface area (Å²) in [4.78, 5) is 11.5. The van der Waals surface area contributed by atoms with Gasteiger partial charge in [-0.05, 0) is 25.5 Å². The van der Waals surface area contributed by atoms with Crippen LogP contribution in [0.3, 0.4) is 0 Å². The van der Waals surface area contributed by atoms with Crippen molar-refractivity contribution < 1.29 is 27.8 Å². The predicted octanol–water partition coefficient (Wildman–Crippen LogP) is 2.79. The molecule has 0 spiro atoms. The minimum Gasteiger partial charge on any atom is -0.463 e. The number of thiophene rings is 1. The number of halogens is 3. The number of aliphatic hydroxyl groups is 1. The summed E-state index contributed by atoms with van der Waals surface area (Å²) >= 11 is 0.703. The number of rotatable bonds is 5. The van der Waals surface area contributed by atoms with E-state index in [9.17, 15) is 23.1 Å². The number of hydrogen-bond acceptors (Lipinski definition) is 4. The molecule has 19 heavy (non-hydrogen) atoms. The van der Waals surface area contributed by atoms with E-state index in [4.69, 9.17) is 0 Å². The quantitative estimate of drug-likeness (QED) is 0.671. The summed E-state index contributed by atoms with van der Waals surface area (Å²) in [6.45, 7) is 4.59. The predicted molar refractivity (Wildman–Crippen MR) is 64.8 cm³/mol. The zero-order chi connectivity index (χ0) is 14.7. The summed E-state index contributed by atoms with van der Waals surface area (Å²) in [5.74, 6) is -1.71. The van der Waals surface area contributed by atoms with Crippen LogP contribution >= 0.6 is 11.3 Å². The molecule has 1 aromatic heterocycles. The van der Waals surface area contributed by atoms with E-state index >= 15 is 0 Å². The van der Waals surface area contributed by atoms with Gasteiger partial charge in [0.25, 0.3) is 5.60 Å². The fourth-order valence-electron chi connectivity index (χ4n) is 1.42. The first kappa shape index (κ1) is 15.7. The lowest BCUT2D eigenvalue weighted by atomic mass is 10.0. The van der Waals surface area contributed by atoms with Crippen molar-refractivity contribution in [3.63, 3.8) is 0 Å². The molecule has 1 heterocycles. The second kappa shape index (κ2) is 5.75. The van der Waals surface area contributed by atoms with Gasteiger partial charge in [0.15, 0.2) is 0 Å². The fraction of sp³-hybridized carbons (Fsp3) is 0.417. The van der Waals surface area contributed by atoms with Crippen molar-refractivity contribution in [2.24, 2.45) is 0 Å². The Morgan fingerprint density at radius 3 is 2.63 bits per heavy atom. The highest BCUT2D eigenvalue weighted by Gasteiger charge is 2.63. The minimum absolute atomic E-state index is 0.248. The van der Waals surface area contributed by atoms with Crippen LogP contribution in [0.4, 0.5) is 13.2 Å². The third kappa shape index (κ3) is 2.98. The van der Waals surface area contributed by atoms with Crippen LogP contribution < -0.4 is 0 Å². The Bertz CT molecular complexity index is 467. The largest absolute Gasteiger partial charge is 0.463 e. The van der Waals surface area contributed by atoms with E-state index in [1.807, 2.05) is 0 Å². The molecule has 0 aliphatic carbocycles. The summed E-state index contributed by atoms with van der Waals surface area (Å²) < 4.78 is 43.3. The molecular formula is C12H13F3O3S. The van der Waals surface area contributed by atoms with Gasteiger partial charge in [-0.15, -0.1) is 17.9 Å². The first-order valence-electron chi connectivity index (χ1n) is 5.43. The van der Waals surface area contributed by atoms with Gasteiger partial charge < -0.3 is 9.84 Å². The van der Waals surface area contributed by atoms with Gasteiger partial charge in [-0.1, -0.05) is 6.08 Å². The van der Waals surface area contributed by atoms with Crippen LogP contribution in [0, 0.1) is 0 Å². The lowest BCUT2D eigenvalue weighted by Gasteiger charge is -2.26. The first-order valence-corrected chi connectivity index (χ1v) is 6.25. The molecule has 0 bridgehead atoms. The van der Waals surface area contributed by atoms with Crippen LogP contribution in [0.1, 0.15) is 16.7 Å². The van der Waals surface area contributed by atoms with Crippen molar-refractivity contribution >= 4 is 17.3 Å². The molecule has 0 fully saturated rings. The third-order valence-electron chi connectivity index (χ3n) is 2.34. The summed E-state index contributed by atoms with van der Waals surface area (Å²) in [6, 6.07) is 2.49. The topological polar surface area (TPSA) is 46.5 Å². The normalized spacial score (nSPS) is 14.8. The van der Waals surface area contributed by atoms with E-state index in [0.29, 0.717) is 22.6 Å². The maximum absolute atomic E-state index is 13.0. The van der Waals surface area contributed by atoms with Crippen LogP contribution in [0.5, 0.6) is 0 Å². The molecule has 3 nitrogen and oxygen atoms in total. The molecule has 0 amide bonds. The summed E-state index contributed by atoms with van der Waals surface area (Å²) in [6.07, 6.45) is -3.26. The molecule has 1 N–H and O–H groups in total. The average Bonchev–Trinajstić information content (AvgIpc) is 2.76. The summed E-state index contributed by atoms with van der Waals surface area (Å²) in [5, 5.41) is 9.79. The number of esters is 1. The highest BCUT2D eigenvalue weighted by molar-refractivity contribution is 7.12. The Balaban J connectivity index is 3.23. The van der Waals surface area contributed by atoms with Gasteiger partial charge in [-0.3, -0.25) is 0 Å². The smallest absolute Gasteiger partial charge is 0.433 e. The Morgan fingerprint density at radius 1 is 1.53 bits per heavy atom. The van der Waals surface area contributed by atoms with Crippen molar-refractivity contribution in [2.75, 3.05) is 6.61 Å².